The molecular weight excluding hydrogens is 397 g/mol. The standard InChI is InChI=1S/C19H15BrFN5/c1-11-9-14-15(23-11)5-6-16(18(14)21)25-17-7-8-22-19(26-17)24-13-4-2-3-12(20)10-13/h2-10,23H,1H3,(H2,22,24,25,26). The van der Waals surface area contributed by atoms with Crippen LogP contribution in [0, 0.1) is 12.7 Å². The quantitative estimate of drug-likeness (QED) is 0.405. The number of hydrogen-bond acceptors (Lipinski definition) is 4. The first kappa shape index (κ1) is 16.5. The van der Waals surface area contributed by atoms with Crippen molar-refractivity contribution < 1.29 is 4.39 Å². The van der Waals surface area contributed by atoms with Crippen molar-refractivity contribution in [1.29, 1.82) is 0 Å². The summed E-state index contributed by atoms with van der Waals surface area (Å²) in [6.07, 6.45) is 1.62. The molecular formula is C19H15BrFN5. The SMILES string of the molecule is Cc1cc2c(F)c(Nc3ccnc(Nc4cccc(Br)c4)n3)ccc2[nH]1. The van der Waals surface area contributed by atoms with Crippen LogP contribution in [-0.4, -0.2) is 15.0 Å². The third-order valence-electron chi connectivity index (χ3n) is 3.87. The lowest BCUT2D eigenvalue weighted by atomic mass is 10.2. The molecule has 0 spiro atoms. The van der Waals surface area contributed by atoms with Crippen molar-refractivity contribution in [2.45, 2.75) is 6.92 Å². The molecule has 7 heteroatoms. The average Bonchev–Trinajstić information content (AvgIpc) is 2.99. The molecule has 0 atom stereocenters. The highest BCUT2D eigenvalue weighted by Gasteiger charge is 2.10. The molecule has 0 aliphatic rings. The minimum Gasteiger partial charge on any atom is -0.359 e. The van der Waals surface area contributed by atoms with Gasteiger partial charge in [-0.1, -0.05) is 22.0 Å². The molecule has 26 heavy (non-hydrogen) atoms. The molecule has 0 saturated carbocycles. The molecule has 0 aliphatic heterocycles. The summed E-state index contributed by atoms with van der Waals surface area (Å²) in [5, 5.41) is 6.70. The largest absolute Gasteiger partial charge is 0.359 e. The van der Waals surface area contributed by atoms with Gasteiger partial charge < -0.3 is 15.6 Å². The van der Waals surface area contributed by atoms with Crippen LogP contribution in [0.4, 0.5) is 27.5 Å². The molecule has 0 amide bonds. The Labute approximate surface area is 157 Å². The lowest BCUT2D eigenvalue weighted by Gasteiger charge is -2.10. The number of fused-ring (bicyclic) bond motifs is 1. The summed E-state index contributed by atoms with van der Waals surface area (Å²) in [5.41, 5.74) is 2.90. The highest BCUT2D eigenvalue weighted by atomic mass is 79.9. The zero-order valence-electron chi connectivity index (χ0n) is 13.8. The van der Waals surface area contributed by atoms with Crippen molar-refractivity contribution in [2.75, 3.05) is 10.6 Å². The second kappa shape index (κ2) is 6.76. The van der Waals surface area contributed by atoms with Crippen LogP contribution in [0.1, 0.15) is 5.69 Å². The van der Waals surface area contributed by atoms with Crippen molar-refractivity contribution in [3.8, 4) is 0 Å². The Hall–Kier alpha value is -2.93. The van der Waals surface area contributed by atoms with Gasteiger partial charge in [-0.2, -0.15) is 4.98 Å². The number of hydrogen-bond donors (Lipinski definition) is 3. The number of rotatable bonds is 4. The van der Waals surface area contributed by atoms with Gasteiger partial charge >= 0.3 is 0 Å². The maximum absolute atomic E-state index is 14.7. The molecule has 0 bridgehead atoms. The summed E-state index contributed by atoms with van der Waals surface area (Å²) in [6, 6.07) is 14.7. The van der Waals surface area contributed by atoms with Crippen molar-refractivity contribution in [3.05, 3.63) is 70.7 Å². The van der Waals surface area contributed by atoms with Crippen LogP contribution in [-0.2, 0) is 0 Å². The van der Waals surface area contributed by atoms with Crippen molar-refractivity contribution in [3.63, 3.8) is 0 Å². The Balaban J connectivity index is 1.60. The predicted octanol–water partition coefficient (Wildman–Crippen LogP) is 5.66. The number of nitrogens with one attached hydrogen (secondary N) is 3. The molecule has 0 radical (unpaired) electrons. The van der Waals surface area contributed by atoms with Crippen LogP contribution in [0.2, 0.25) is 0 Å². The highest BCUT2D eigenvalue weighted by Crippen LogP contribution is 2.27. The van der Waals surface area contributed by atoms with E-state index >= 15 is 0 Å². The maximum atomic E-state index is 14.7. The van der Waals surface area contributed by atoms with Gasteiger partial charge in [-0.3, -0.25) is 0 Å². The molecule has 2 aromatic heterocycles. The van der Waals surface area contributed by atoms with Gasteiger partial charge in [-0.05, 0) is 49.4 Å². The molecule has 130 valence electrons. The monoisotopic (exact) mass is 411 g/mol. The second-order valence-electron chi connectivity index (χ2n) is 5.87. The van der Waals surface area contributed by atoms with Crippen LogP contribution < -0.4 is 10.6 Å². The molecule has 0 aliphatic carbocycles. The minimum absolute atomic E-state index is 0.313. The fraction of sp³-hybridized carbons (Fsp3) is 0.0526. The van der Waals surface area contributed by atoms with Gasteiger partial charge in [0, 0.05) is 33.0 Å². The van der Waals surface area contributed by atoms with E-state index in [4.69, 9.17) is 0 Å². The van der Waals surface area contributed by atoms with Gasteiger partial charge in [-0.25, -0.2) is 9.37 Å². The fourth-order valence-corrected chi connectivity index (χ4v) is 3.13. The van der Waals surface area contributed by atoms with Gasteiger partial charge in [-0.15, -0.1) is 0 Å². The van der Waals surface area contributed by atoms with E-state index in [1.807, 2.05) is 37.3 Å². The summed E-state index contributed by atoms with van der Waals surface area (Å²) < 4.78 is 15.7. The Kier molecular flexibility index (Phi) is 4.30. The number of aromatic nitrogens is 3. The second-order valence-corrected chi connectivity index (χ2v) is 6.78. The zero-order chi connectivity index (χ0) is 18.1. The summed E-state index contributed by atoms with van der Waals surface area (Å²) >= 11 is 3.43. The molecule has 0 fully saturated rings. The van der Waals surface area contributed by atoms with Crippen molar-refractivity contribution in [2.24, 2.45) is 0 Å². The number of anilines is 4. The third kappa shape index (κ3) is 3.39. The molecule has 0 saturated heterocycles. The number of benzene rings is 2. The van der Waals surface area contributed by atoms with E-state index in [1.54, 1.807) is 24.4 Å². The average molecular weight is 412 g/mol. The van der Waals surface area contributed by atoms with Crippen LogP contribution in [0.3, 0.4) is 0 Å². The van der Waals surface area contributed by atoms with Crippen LogP contribution in [0.5, 0.6) is 0 Å². The lowest BCUT2D eigenvalue weighted by Crippen LogP contribution is -2.01. The van der Waals surface area contributed by atoms with Gasteiger partial charge in [0.15, 0.2) is 5.82 Å². The van der Waals surface area contributed by atoms with Gasteiger partial charge in [0.2, 0.25) is 5.95 Å². The molecule has 2 aromatic carbocycles. The van der Waals surface area contributed by atoms with E-state index in [2.05, 4.69) is 41.5 Å². The van der Waals surface area contributed by atoms with Gasteiger partial charge in [0.1, 0.15) is 5.82 Å². The van der Waals surface area contributed by atoms with E-state index < -0.39 is 0 Å². The molecule has 5 nitrogen and oxygen atoms in total. The van der Waals surface area contributed by atoms with Gasteiger partial charge in [0.05, 0.1) is 5.69 Å². The normalized spacial score (nSPS) is 10.9. The summed E-state index contributed by atoms with van der Waals surface area (Å²) in [7, 11) is 0. The molecule has 4 rings (SSSR count). The van der Waals surface area contributed by atoms with E-state index in [0.717, 1.165) is 21.4 Å². The summed E-state index contributed by atoms with van der Waals surface area (Å²) in [4.78, 5) is 11.7. The van der Waals surface area contributed by atoms with Gasteiger partial charge in [0.25, 0.3) is 0 Å². The predicted molar refractivity (Wildman–Crippen MR) is 106 cm³/mol. The van der Waals surface area contributed by atoms with Crippen LogP contribution in [0.25, 0.3) is 10.9 Å². The van der Waals surface area contributed by atoms with E-state index in [1.165, 1.54) is 0 Å². The minimum atomic E-state index is -0.313. The van der Waals surface area contributed by atoms with Crippen LogP contribution >= 0.6 is 15.9 Å². The third-order valence-corrected chi connectivity index (χ3v) is 4.36. The first-order chi connectivity index (χ1) is 12.6. The van der Waals surface area contributed by atoms with Crippen molar-refractivity contribution in [1.82, 2.24) is 15.0 Å². The molecule has 4 aromatic rings. The summed E-state index contributed by atoms with van der Waals surface area (Å²) in [5.74, 6) is 0.613. The van der Waals surface area contributed by atoms with Crippen molar-refractivity contribution >= 4 is 50.0 Å². The first-order valence-electron chi connectivity index (χ1n) is 7.99. The Morgan fingerprint density at radius 2 is 1.96 bits per heavy atom. The highest BCUT2D eigenvalue weighted by molar-refractivity contribution is 9.10. The number of halogens is 2. The smallest absolute Gasteiger partial charge is 0.229 e. The number of aromatic amines is 1. The number of H-pyrrole nitrogens is 1. The number of aryl methyl sites for hydroxylation is 1. The van der Waals surface area contributed by atoms with E-state index in [9.17, 15) is 4.39 Å². The topological polar surface area (TPSA) is 65.6 Å². The Morgan fingerprint density at radius 1 is 1.08 bits per heavy atom. The molecule has 2 heterocycles. The van der Waals surface area contributed by atoms with E-state index in [0.29, 0.717) is 22.8 Å². The fourth-order valence-electron chi connectivity index (χ4n) is 2.73. The first-order valence-corrected chi connectivity index (χ1v) is 8.78. The number of nitrogens with zero attached hydrogens (tertiary/aromatic N) is 2. The Bertz CT molecular complexity index is 1090. The van der Waals surface area contributed by atoms with E-state index in [-0.39, 0.29) is 5.82 Å². The molecule has 3 N–H and O–H groups in total. The summed E-state index contributed by atoms with van der Waals surface area (Å²) in [6.45, 7) is 1.90. The Morgan fingerprint density at radius 3 is 2.81 bits per heavy atom. The zero-order valence-corrected chi connectivity index (χ0v) is 15.4. The lowest BCUT2D eigenvalue weighted by molar-refractivity contribution is 0.644. The van der Waals surface area contributed by atoms with Crippen LogP contribution in [0.15, 0.2) is 59.2 Å². The molecule has 0 unspecified atom stereocenters. The maximum Gasteiger partial charge on any atom is 0.229 e.